The van der Waals surface area contributed by atoms with Crippen molar-refractivity contribution in [1.29, 1.82) is 0 Å². The van der Waals surface area contributed by atoms with Crippen LogP contribution in [-0.2, 0) is 20.5 Å². The van der Waals surface area contributed by atoms with Crippen LogP contribution in [0.2, 0.25) is 0 Å². The molecule has 0 aliphatic heterocycles. The van der Waals surface area contributed by atoms with E-state index in [9.17, 15) is 27.6 Å². The van der Waals surface area contributed by atoms with Crippen LogP contribution in [0.1, 0.15) is 32.8 Å². The number of carboxylic acid groups (broad SMARTS) is 1. The molecular weight excluding hydrogens is 345 g/mol. The van der Waals surface area contributed by atoms with Gasteiger partial charge in [0.15, 0.2) is 0 Å². The van der Waals surface area contributed by atoms with E-state index in [2.05, 4.69) is 5.32 Å². The predicted octanol–water partition coefficient (Wildman–Crippen LogP) is 3.47. The summed E-state index contributed by atoms with van der Waals surface area (Å²) in [5.41, 5.74) is -2.48. The molecule has 3 N–H and O–H groups in total. The van der Waals surface area contributed by atoms with Gasteiger partial charge in [0.05, 0.1) is 16.9 Å². The van der Waals surface area contributed by atoms with Gasteiger partial charge in [-0.1, -0.05) is 0 Å². The molecule has 0 heterocycles. The van der Waals surface area contributed by atoms with Gasteiger partial charge in [0.25, 0.3) is 0 Å². The minimum absolute atomic E-state index is 0.166. The first-order valence-corrected chi connectivity index (χ1v) is 7.01. The van der Waals surface area contributed by atoms with Crippen molar-refractivity contribution in [3.63, 3.8) is 0 Å². The van der Waals surface area contributed by atoms with Crippen LogP contribution in [0.15, 0.2) is 18.2 Å². The van der Waals surface area contributed by atoms with Gasteiger partial charge in [-0.05, 0) is 39.0 Å². The number of halogens is 3. The number of benzene rings is 1. The Morgan fingerprint density at radius 1 is 1.08 bits per heavy atom. The number of rotatable bonds is 4. The monoisotopic (exact) mass is 362 g/mol. The third kappa shape index (κ3) is 7.10. The number of alkyl halides is 3. The lowest BCUT2D eigenvalue weighted by Gasteiger charge is -2.21. The molecule has 2 amide bonds. The maximum atomic E-state index is 12.8. The van der Waals surface area contributed by atoms with Crippen molar-refractivity contribution < 1.29 is 37.4 Å². The Labute approximate surface area is 141 Å². The lowest BCUT2D eigenvalue weighted by Crippen LogP contribution is -2.28. The Morgan fingerprint density at radius 3 is 2.16 bits per heavy atom. The fourth-order valence-electron chi connectivity index (χ4n) is 1.68. The van der Waals surface area contributed by atoms with Gasteiger partial charge in [0.1, 0.15) is 12.0 Å². The minimum Gasteiger partial charge on any atom is -0.481 e. The molecule has 0 fully saturated rings. The molecule has 7 nitrogen and oxygen atoms in total. The van der Waals surface area contributed by atoms with Crippen LogP contribution in [0.3, 0.4) is 0 Å². The van der Waals surface area contributed by atoms with E-state index in [1.165, 1.54) is 0 Å². The summed E-state index contributed by atoms with van der Waals surface area (Å²) in [5, 5.41) is 12.8. The summed E-state index contributed by atoms with van der Waals surface area (Å²) >= 11 is 0. The van der Waals surface area contributed by atoms with Crippen LogP contribution in [-0.4, -0.2) is 28.7 Å². The highest BCUT2D eigenvalue weighted by Gasteiger charge is 2.31. The molecule has 0 spiro atoms. The van der Waals surface area contributed by atoms with Gasteiger partial charge < -0.3 is 15.2 Å². The van der Waals surface area contributed by atoms with Crippen molar-refractivity contribution in [2.75, 3.05) is 10.6 Å². The molecule has 0 unspecified atom stereocenters. The van der Waals surface area contributed by atoms with Crippen LogP contribution < -0.4 is 10.6 Å². The smallest absolute Gasteiger partial charge is 0.416 e. The summed E-state index contributed by atoms with van der Waals surface area (Å²) in [7, 11) is 0. The SMILES string of the molecule is CC(C)(C)OC(=O)Nc1ccc(C(F)(F)F)cc1NC(=O)CC(=O)O. The Bertz CT molecular complexity index is 681. The van der Waals surface area contributed by atoms with Crippen LogP contribution in [0, 0.1) is 0 Å². The highest BCUT2D eigenvalue weighted by Crippen LogP contribution is 2.34. The van der Waals surface area contributed by atoms with Gasteiger partial charge in [0.2, 0.25) is 5.91 Å². The summed E-state index contributed by atoms with van der Waals surface area (Å²) in [6.45, 7) is 4.78. The second-order valence-corrected chi connectivity index (χ2v) is 6.00. The normalized spacial score (nSPS) is 11.6. The van der Waals surface area contributed by atoms with Crippen molar-refractivity contribution in [2.24, 2.45) is 0 Å². The molecule has 25 heavy (non-hydrogen) atoms. The number of ether oxygens (including phenoxy) is 1. The molecule has 1 aromatic rings. The van der Waals surface area contributed by atoms with Crippen molar-refractivity contribution in [3.8, 4) is 0 Å². The molecule has 1 aromatic carbocycles. The molecule has 0 aromatic heterocycles. The zero-order chi connectivity index (χ0) is 19.4. The van der Waals surface area contributed by atoms with Crippen LogP contribution in [0.25, 0.3) is 0 Å². The third-order valence-electron chi connectivity index (χ3n) is 2.57. The van der Waals surface area contributed by atoms with Crippen LogP contribution in [0.5, 0.6) is 0 Å². The number of carboxylic acids is 1. The van der Waals surface area contributed by atoms with Gasteiger partial charge in [-0.15, -0.1) is 0 Å². The number of anilines is 2. The van der Waals surface area contributed by atoms with Crippen LogP contribution >= 0.6 is 0 Å². The standard InChI is InChI=1S/C15H17F3N2O5/c1-14(2,3)25-13(24)20-9-5-4-8(15(16,17)18)6-10(9)19-11(21)7-12(22)23/h4-6H,7H2,1-3H3,(H,19,21)(H,20,24)(H,22,23). The fraction of sp³-hybridized carbons (Fsp3) is 0.400. The first kappa shape index (κ1) is 20.3. The fourth-order valence-corrected chi connectivity index (χ4v) is 1.68. The number of hydrogen-bond donors (Lipinski definition) is 3. The Kier molecular flexibility index (Phi) is 6.01. The van der Waals surface area contributed by atoms with Crippen molar-refractivity contribution in [1.82, 2.24) is 0 Å². The first-order chi connectivity index (χ1) is 11.3. The zero-order valence-corrected chi connectivity index (χ0v) is 13.7. The predicted molar refractivity (Wildman–Crippen MR) is 82.2 cm³/mol. The molecule has 138 valence electrons. The van der Waals surface area contributed by atoms with E-state index in [1.807, 2.05) is 5.32 Å². The summed E-state index contributed by atoms with van der Waals surface area (Å²) < 4.78 is 43.4. The molecule has 0 bridgehead atoms. The van der Waals surface area contributed by atoms with E-state index in [0.29, 0.717) is 12.1 Å². The molecule has 0 aliphatic rings. The maximum absolute atomic E-state index is 12.8. The highest BCUT2D eigenvalue weighted by atomic mass is 19.4. The average molecular weight is 362 g/mol. The van der Waals surface area contributed by atoms with E-state index in [4.69, 9.17) is 9.84 Å². The van der Waals surface area contributed by atoms with Gasteiger partial charge >= 0.3 is 18.2 Å². The Balaban J connectivity index is 3.11. The lowest BCUT2D eigenvalue weighted by molar-refractivity contribution is -0.140. The van der Waals surface area contributed by atoms with E-state index in [0.717, 1.165) is 6.07 Å². The first-order valence-electron chi connectivity index (χ1n) is 7.01. The molecule has 0 atom stereocenters. The molecule has 1 rings (SSSR count). The second kappa shape index (κ2) is 7.41. The summed E-state index contributed by atoms with van der Waals surface area (Å²) in [6, 6.07) is 2.23. The minimum atomic E-state index is -4.68. The molecule has 10 heteroatoms. The zero-order valence-electron chi connectivity index (χ0n) is 13.7. The number of carbonyl (C=O) groups excluding carboxylic acids is 2. The highest BCUT2D eigenvalue weighted by molar-refractivity contribution is 6.04. The van der Waals surface area contributed by atoms with Gasteiger partial charge in [0, 0.05) is 0 Å². The molecule has 0 saturated carbocycles. The van der Waals surface area contributed by atoms with Crippen LogP contribution in [0.4, 0.5) is 29.3 Å². The number of nitrogens with one attached hydrogen (secondary N) is 2. The van der Waals surface area contributed by atoms with Gasteiger partial charge in [-0.3, -0.25) is 14.9 Å². The molecule has 0 saturated heterocycles. The van der Waals surface area contributed by atoms with E-state index in [-0.39, 0.29) is 5.69 Å². The quantitative estimate of drug-likeness (QED) is 0.712. The number of hydrogen-bond acceptors (Lipinski definition) is 4. The Morgan fingerprint density at radius 2 is 1.68 bits per heavy atom. The van der Waals surface area contributed by atoms with Gasteiger partial charge in [-0.2, -0.15) is 13.2 Å². The Hall–Kier alpha value is -2.78. The number of aliphatic carboxylic acids is 1. The largest absolute Gasteiger partial charge is 0.481 e. The van der Waals surface area contributed by atoms with Crippen molar-refractivity contribution in [2.45, 2.75) is 39.0 Å². The molecular formula is C15H17F3N2O5. The lowest BCUT2D eigenvalue weighted by atomic mass is 10.1. The van der Waals surface area contributed by atoms with E-state index >= 15 is 0 Å². The van der Waals surface area contributed by atoms with E-state index in [1.54, 1.807) is 20.8 Å². The number of carbonyl (C=O) groups is 3. The van der Waals surface area contributed by atoms with Crippen molar-refractivity contribution >= 4 is 29.3 Å². The number of amides is 2. The summed E-state index contributed by atoms with van der Waals surface area (Å²) in [6.07, 6.45) is -6.57. The van der Waals surface area contributed by atoms with E-state index < -0.39 is 47.4 Å². The third-order valence-corrected chi connectivity index (χ3v) is 2.57. The summed E-state index contributed by atoms with van der Waals surface area (Å²) in [5.74, 6) is -2.50. The maximum Gasteiger partial charge on any atom is 0.416 e. The molecule has 0 aliphatic carbocycles. The van der Waals surface area contributed by atoms with Gasteiger partial charge in [-0.25, -0.2) is 4.79 Å². The summed E-state index contributed by atoms with van der Waals surface area (Å²) in [4.78, 5) is 33.8. The molecule has 0 radical (unpaired) electrons. The second-order valence-electron chi connectivity index (χ2n) is 6.00. The van der Waals surface area contributed by atoms with Crippen molar-refractivity contribution in [3.05, 3.63) is 23.8 Å². The topological polar surface area (TPSA) is 105 Å². The average Bonchev–Trinajstić information content (AvgIpc) is 2.36.